The number of fused-ring (bicyclic) bond motifs is 2. The number of ether oxygens (including phenoxy) is 1. The fourth-order valence-electron chi connectivity index (χ4n) is 2.36. The van der Waals surface area contributed by atoms with Crippen molar-refractivity contribution in [3.63, 3.8) is 0 Å². The van der Waals surface area contributed by atoms with E-state index in [2.05, 4.69) is 9.97 Å². The molecule has 0 saturated heterocycles. The molecule has 0 aliphatic carbocycles. The van der Waals surface area contributed by atoms with Gasteiger partial charge < -0.3 is 9.72 Å². The first-order valence-electron chi connectivity index (χ1n) is 6.47. The molecule has 2 aromatic carbocycles. The summed E-state index contributed by atoms with van der Waals surface area (Å²) < 4.78 is 5.92. The van der Waals surface area contributed by atoms with Crippen LogP contribution in [0.2, 0.25) is 0 Å². The molecule has 4 aromatic rings. The Balaban J connectivity index is 1.72. The van der Waals surface area contributed by atoms with Gasteiger partial charge in [0.15, 0.2) is 0 Å². The van der Waals surface area contributed by atoms with Crippen molar-refractivity contribution in [1.29, 1.82) is 0 Å². The molecule has 0 spiro atoms. The highest BCUT2D eigenvalue weighted by molar-refractivity contribution is 5.83. The van der Waals surface area contributed by atoms with Crippen LogP contribution in [-0.4, -0.2) is 9.97 Å². The zero-order chi connectivity index (χ0) is 13.4. The van der Waals surface area contributed by atoms with Crippen molar-refractivity contribution in [2.75, 3.05) is 0 Å². The van der Waals surface area contributed by atoms with Gasteiger partial charge in [0.2, 0.25) is 0 Å². The molecular formula is C17H12N2O. The molecule has 2 aromatic heterocycles. The number of hydrogen-bond acceptors (Lipinski definition) is 2. The molecule has 20 heavy (non-hydrogen) atoms. The number of rotatable bonds is 2. The van der Waals surface area contributed by atoms with Gasteiger partial charge in [0.1, 0.15) is 11.5 Å². The van der Waals surface area contributed by atoms with Gasteiger partial charge in [0.25, 0.3) is 0 Å². The summed E-state index contributed by atoms with van der Waals surface area (Å²) in [5, 5.41) is 3.38. The zero-order valence-corrected chi connectivity index (χ0v) is 10.7. The SMILES string of the molecule is c1cc2ccc(Oc3ccc4[nH]ccc4c3)cc2cn1. The fraction of sp³-hybridized carbons (Fsp3) is 0. The third-order valence-electron chi connectivity index (χ3n) is 3.37. The second-order valence-electron chi connectivity index (χ2n) is 4.71. The van der Waals surface area contributed by atoms with Gasteiger partial charge in [-0.25, -0.2) is 0 Å². The van der Waals surface area contributed by atoms with Crippen molar-refractivity contribution in [3.8, 4) is 11.5 Å². The third kappa shape index (κ3) is 1.89. The largest absolute Gasteiger partial charge is 0.457 e. The number of hydrogen-bond donors (Lipinski definition) is 1. The molecule has 4 rings (SSSR count). The number of aromatic amines is 1. The van der Waals surface area contributed by atoms with Gasteiger partial charge in [-0.3, -0.25) is 4.98 Å². The fourth-order valence-corrected chi connectivity index (χ4v) is 2.36. The lowest BCUT2D eigenvalue weighted by Gasteiger charge is -2.07. The van der Waals surface area contributed by atoms with Crippen molar-refractivity contribution >= 4 is 21.7 Å². The van der Waals surface area contributed by atoms with Crippen LogP contribution in [0.5, 0.6) is 11.5 Å². The van der Waals surface area contributed by atoms with Crippen LogP contribution in [-0.2, 0) is 0 Å². The predicted molar refractivity (Wildman–Crippen MR) is 80.1 cm³/mol. The Kier molecular flexibility index (Phi) is 2.42. The summed E-state index contributed by atoms with van der Waals surface area (Å²) in [5.74, 6) is 1.65. The highest BCUT2D eigenvalue weighted by atomic mass is 16.5. The predicted octanol–water partition coefficient (Wildman–Crippen LogP) is 4.51. The normalized spacial score (nSPS) is 11.0. The van der Waals surface area contributed by atoms with Gasteiger partial charge in [-0.05, 0) is 47.9 Å². The van der Waals surface area contributed by atoms with Crippen LogP contribution in [0.3, 0.4) is 0 Å². The van der Waals surface area contributed by atoms with Crippen LogP contribution in [0, 0.1) is 0 Å². The summed E-state index contributed by atoms with van der Waals surface area (Å²) in [4.78, 5) is 7.31. The second-order valence-corrected chi connectivity index (χ2v) is 4.71. The van der Waals surface area contributed by atoms with Crippen molar-refractivity contribution in [2.45, 2.75) is 0 Å². The summed E-state index contributed by atoms with van der Waals surface area (Å²) in [5.41, 5.74) is 1.11. The highest BCUT2D eigenvalue weighted by Gasteiger charge is 2.01. The van der Waals surface area contributed by atoms with E-state index in [1.807, 2.05) is 60.9 Å². The number of nitrogens with zero attached hydrogens (tertiary/aromatic N) is 1. The summed E-state index contributed by atoms with van der Waals surface area (Å²) in [6.45, 7) is 0. The minimum Gasteiger partial charge on any atom is -0.457 e. The molecular weight excluding hydrogens is 248 g/mol. The van der Waals surface area contributed by atoms with E-state index >= 15 is 0 Å². The Morgan fingerprint density at radius 1 is 0.800 bits per heavy atom. The zero-order valence-electron chi connectivity index (χ0n) is 10.7. The lowest BCUT2D eigenvalue weighted by Crippen LogP contribution is -1.84. The molecule has 1 N–H and O–H groups in total. The molecule has 0 radical (unpaired) electrons. The van der Waals surface area contributed by atoms with E-state index < -0.39 is 0 Å². The van der Waals surface area contributed by atoms with Gasteiger partial charge in [-0.1, -0.05) is 6.07 Å². The maximum Gasteiger partial charge on any atom is 0.128 e. The summed E-state index contributed by atoms with van der Waals surface area (Å²) in [7, 11) is 0. The third-order valence-corrected chi connectivity index (χ3v) is 3.37. The van der Waals surface area contributed by atoms with E-state index in [9.17, 15) is 0 Å². The van der Waals surface area contributed by atoms with E-state index in [1.165, 1.54) is 0 Å². The van der Waals surface area contributed by atoms with Crippen LogP contribution in [0.4, 0.5) is 0 Å². The smallest absolute Gasteiger partial charge is 0.128 e. The molecule has 96 valence electrons. The van der Waals surface area contributed by atoms with E-state index in [0.717, 1.165) is 33.2 Å². The quantitative estimate of drug-likeness (QED) is 0.576. The molecule has 0 atom stereocenters. The van der Waals surface area contributed by atoms with Gasteiger partial charge in [-0.15, -0.1) is 0 Å². The minimum atomic E-state index is 0.820. The monoisotopic (exact) mass is 260 g/mol. The summed E-state index contributed by atoms with van der Waals surface area (Å²) in [6.07, 6.45) is 5.57. The minimum absolute atomic E-state index is 0.820. The molecule has 3 nitrogen and oxygen atoms in total. The Bertz CT molecular complexity index is 895. The summed E-state index contributed by atoms with van der Waals surface area (Å²) >= 11 is 0. The standard InChI is InChI=1S/C17H12N2O/c1-2-15(10-14-11-18-7-5-12(1)14)20-16-3-4-17-13(9-16)6-8-19-17/h1-11,19H. The van der Waals surface area contributed by atoms with E-state index in [-0.39, 0.29) is 0 Å². The Morgan fingerprint density at radius 2 is 1.65 bits per heavy atom. The second kappa shape index (κ2) is 4.38. The molecule has 0 fully saturated rings. The van der Waals surface area contributed by atoms with Crippen molar-refractivity contribution in [1.82, 2.24) is 9.97 Å². The number of nitrogens with one attached hydrogen (secondary N) is 1. The van der Waals surface area contributed by atoms with Crippen molar-refractivity contribution in [3.05, 3.63) is 67.1 Å². The molecule has 3 heteroatoms. The lowest BCUT2D eigenvalue weighted by atomic mass is 10.2. The van der Waals surface area contributed by atoms with Crippen LogP contribution >= 0.6 is 0 Å². The van der Waals surface area contributed by atoms with Crippen LogP contribution in [0.15, 0.2) is 67.1 Å². The van der Waals surface area contributed by atoms with Crippen LogP contribution in [0.1, 0.15) is 0 Å². The topological polar surface area (TPSA) is 37.9 Å². The van der Waals surface area contributed by atoms with Crippen LogP contribution < -0.4 is 4.74 Å². The Labute approximate surface area is 115 Å². The molecule has 0 aliphatic rings. The van der Waals surface area contributed by atoms with Gasteiger partial charge in [0, 0.05) is 34.9 Å². The number of H-pyrrole nitrogens is 1. The van der Waals surface area contributed by atoms with Crippen LogP contribution in [0.25, 0.3) is 21.7 Å². The first-order chi connectivity index (χ1) is 9.88. The first-order valence-corrected chi connectivity index (χ1v) is 6.47. The van der Waals surface area contributed by atoms with Gasteiger partial charge in [-0.2, -0.15) is 0 Å². The van der Waals surface area contributed by atoms with Crippen molar-refractivity contribution in [2.24, 2.45) is 0 Å². The maximum atomic E-state index is 5.92. The van der Waals surface area contributed by atoms with Gasteiger partial charge in [0.05, 0.1) is 0 Å². The lowest BCUT2D eigenvalue weighted by molar-refractivity contribution is 0.484. The van der Waals surface area contributed by atoms with E-state index in [0.29, 0.717) is 0 Å². The molecule has 2 heterocycles. The highest BCUT2D eigenvalue weighted by Crippen LogP contribution is 2.27. The first kappa shape index (κ1) is 11.1. The number of benzene rings is 2. The molecule has 0 amide bonds. The molecule has 0 saturated carbocycles. The Hall–Kier alpha value is -2.81. The van der Waals surface area contributed by atoms with E-state index in [1.54, 1.807) is 6.20 Å². The Morgan fingerprint density at radius 3 is 2.60 bits per heavy atom. The average molecular weight is 260 g/mol. The van der Waals surface area contributed by atoms with Crippen molar-refractivity contribution < 1.29 is 4.74 Å². The molecule has 0 unspecified atom stereocenters. The maximum absolute atomic E-state index is 5.92. The number of pyridine rings is 1. The average Bonchev–Trinajstić information content (AvgIpc) is 2.95. The molecule has 0 aliphatic heterocycles. The van der Waals surface area contributed by atoms with Gasteiger partial charge >= 0.3 is 0 Å². The number of aromatic nitrogens is 2. The molecule has 0 bridgehead atoms. The van der Waals surface area contributed by atoms with E-state index in [4.69, 9.17) is 4.74 Å². The summed E-state index contributed by atoms with van der Waals surface area (Å²) in [6, 6.07) is 16.1.